The van der Waals surface area contributed by atoms with Gasteiger partial charge in [0.25, 0.3) is 12.3 Å². The fourth-order valence-corrected chi connectivity index (χ4v) is 3.32. The van der Waals surface area contributed by atoms with Crippen LogP contribution < -0.4 is 15.0 Å². The first kappa shape index (κ1) is 21.5. The molecule has 0 radical (unpaired) electrons. The molecular weight excluding hydrogens is 423 g/mol. The number of ether oxygens (including phenoxy) is 1. The van der Waals surface area contributed by atoms with Crippen molar-refractivity contribution < 1.29 is 22.7 Å². The second-order valence-corrected chi connectivity index (χ2v) is 7.25. The molecule has 1 aromatic carbocycles. The van der Waals surface area contributed by atoms with Crippen molar-refractivity contribution in [1.29, 1.82) is 0 Å². The molecule has 3 heterocycles. The van der Waals surface area contributed by atoms with E-state index in [1.54, 1.807) is 17.2 Å². The van der Waals surface area contributed by atoms with E-state index >= 15 is 0 Å². The summed E-state index contributed by atoms with van der Waals surface area (Å²) in [4.78, 5) is 27.1. The number of benzene rings is 1. The van der Waals surface area contributed by atoms with Crippen LogP contribution in [-0.4, -0.2) is 40.1 Å². The van der Waals surface area contributed by atoms with Gasteiger partial charge in [0.1, 0.15) is 23.5 Å². The third-order valence-corrected chi connectivity index (χ3v) is 4.96. The van der Waals surface area contributed by atoms with Crippen LogP contribution in [-0.2, 0) is 6.42 Å². The Balaban J connectivity index is 1.43. The highest BCUT2D eigenvalue weighted by atomic mass is 19.3. The number of carbonyl (C=O) groups is 1. The monoisotopic (exact) mass is 443 g/mol. The van der Waals surface area contributed by atoms with E-state index in [2.05, 4.69) is 20.3 Å². The number of anilines is 2. The highest BCUT2D eigenvalue weighted by Crippen LogP contribution is 2.28. The summed E-state index contributed by atoms with van der Waals surface area (Å²) in [6, 6.07) is 6.61. The molecule has 0 saturated carbocycles. The first-order chi connectivity index (χ1) is 15.4. The van der Waals surface area contributed by atoms with E-state index in [9.17, 15) is 18.0 Å². The quantitative estimate of drug-likeness (QED) is 0.594. The van der Waals surface area contributed by atoms with Crippen molar-refractivity contribution in [2.24, 2.45) is 0 Å². The van der Waals surface area contributed by atoms with E-state index in [1.807, 2.05) is 13.0 Å². The maximum atomic E-state index is 13.6. The lowest BCUT2D eigenvalue weighted by atomic mass is 10.1. The van der Waals surface area contributed by atoms with Gasteiger partial charge in [-0.2, -0.15) is 0 Å². The van der Waals surface area contributed by atoms with E-state index in [1.165, 1.54) is 12.4 Å². The van der Waals surface area contributed by atoms with E-state index in [0.29, 0.717) is 24.7 Å². The van der Waals surface area contributed by atoms with Crippen molar-refractivity contribution in [2.75, 3.05) is 23.3 Å². The summed E-state index contributed by atoms with van der Waals surface area (Å²) in [7, 11) is 0. The molecule has 0 bridgehead atoms. The zero-order valence-electron chi connectivity index (χ0n) is 17.1. The summed E-state index contributed by atoms with van der Waals surface area (Å²) in [6.45, 7) is 2.67. The first-order valence-corrected chi connectivity index (χ1v) is 10.0. The molecule has 1 aliphatic rings. The van der Waals surface area contributed by atoms with Crippen molar-refractivity contribution in [1.82, 2.24) is 15.0 Å². The Labute approximate surface area is 182 Å². The number of alkyl halides is 2. The van der Waals surface area contributed by atoms with Crippen LogP contribution in [0.5, 0.6) is 5.75 Å². The van der Waals surface area contributed by atoms with E-state index in [-0.39, 0.29) is 17.5 Å². The Morgan fingerprint density at radius 1 is 1.16 bits per heavy atom. The number of halogens is 3. The molecule has 3 aromatic rings. The van der Waals surface area contributed by atoms with Gasteiger partial charge < -0.3 is 15.0 Å². The second-order valence-electron chi connectivity index (χ2n) is 7.25. The van der Waals surface area contributed by atoms with Gasteiger partial charge in [0, 0.05) is 30.2 Å². The van der Waals surface area contributed by atoms with Gasteiger partial charge in [-0.25, -0.2) is 28.1 Å². The Bertz CT molecular complexity index is 1120. The fraction of sp³-hybridized carbons (Fsp3) is 0.273. The highest BCUT2D eigenvalue weighted by molar-refractivity contribution is 6.05. The average Bonchev–Trinajstić information content (AvgIpc) is 2.75. The lowest BCUT2D eigenvalue weighted by molar-refractivity contribution is 0.102. The number of nitrogens with one attached hydrogen (secondary N) is 1. The minimum absolute atomic E-state index is 0.0314. The molecule has 2 aromatic heterocycles. The Morgan fingerprint density at radius 2 is 1.94 bits per heavy atom. The zero-order valence-corrected chi connectivity index (χ0v) is 17.1. The lowest BCUT2D eigenvalue weighted by Gasteiger charge is -2.40. The number of amides is 1. The zero-order chi connectivity index (χ0) is 22.7. The van der Waals surface area contributed by atoms with Crippen molar-refractivity contribution in [2.45, 2.75) is 25.9 Å². The predicted molar refractivity (Wildman–Crippen MR) is 112 cm³/mol. The van der Waals surface area contributed by atoms with Gasteiger partial charge in [0.2, 0.25) is 0 Å². The van der Waals surface area contributed by atoms with Crippen LogP contribution in [0.1, 0.15) is 35.0 Å². The maximum absolute atomic E-state index is 13.6. The molecular formula is C22H20F3N5O2. The third-order valence-electron chi connectivity index (χ3n) is 4.96. The minimum Gasteiger partial charge on any atom is -0.487 e. The standard InChI is InChI=1S/C22H20F3N5O2/c1-2-13-3-4-26-18(7-13)29-22(31)19-21(28-6-5-27-19)30-11-17(12-30)32-16-9-14(20(24)25)8-15(23)10-16/h3-10,17,20H,2,11-12H2,1H3,(H,26,29,31). The number of aromatic nitrogens is 3. The highest BCUT2D eigenvalue weighted by Gasteiger charge is 2.33. The number of nitrogens with zero attached hydrogens (tertiary/aromatic N) is 4. The van der Waals surface area contributed by atoms with Crippen molar-refractivity contribution in [3.63, 3.8) is 0 Å². The summed E-state index contributed by atoms with van der Waals surface area (Å²) in [5.41, 5.74) is 0.718. The van der Waals surface area contributed by atoms with Crippen LogP contribution in [0.3, 0.4) is 0 Å². The molecule has 1 fully saturated rings. The smallest absolute Gasteiger partial charge is 0.279 e. The summed E-state index contributed by atoms with van der Waals surface area (Å²) in [6.07, 6.45) is 2.15. The number of rotatable bonds is 7. The number of pyridine rings is 1. The average molecular weight is 443 g/mol. The molecule has 7 nitrogen and oxygen atoms in total. The van der Waals surface area contributed by atoms with Crippen LogP contribution in [0.25, 0.3) is 0 Å². The van der Waals surface area contributed by atoms with E-state index in [0.717, 1.165) is 30.2 Å². The van der Waals surface area contributed by atoms with Crippen LogP contribution in [0.15, 0.2) is 48.9 Å². The maximum Gasteiger partial charge on any atom is 0.279 e. The van der Waals surface area contributed by atoms with Crippen molar-refractivity contribution in [3.8, 4) is 5.75 Å². The molecule has 0 aliphatic carbocycles. The molecule has 10 heteroatoms. The van der Waals surface area contributed by atoms with Crippen LogP contribution in [0.4, 0.5) is 24.8 Å². The largest absolute Gasteiger partial charge is 0.487 e. The summed E-state index contributed by atoms with van der Waals surface area (Å²) < 4.78 is 44.9. The molecule has 0 spiro atoms. The molecule has 166 valence electrons. The number of carbonyl (C=O) groups excluding carboxylic acids is 1. The number of hydrogen-bond acceptors (Lipinski definition) is 6. The van der Waals surface area contributed by atoms with E-state index in [4.69, 9.17) is 4.74 Å². The summed E-state index contributed by atoms with van der Waals surface area (Å²) in [5, 5.41) is 2.73. The number of aryl methyl sites for hydroxylation is 1. The van der Waals surface area contributed by atoms with Gasteiger partial charge in [-0.15, -0.1) is 0 Å². The third kappa shape index (κ3) is 4.79. The van der Waals surface area contributed by atoms with E-state index < -0.39 is 23.7 Å². The topological polar surface area (TPSA) is 80.2 Å². The van der Waals surface area contributed by atoms with Gasteiger partial charge >= 0.3 is 0 Å². The Kier molecular flexibility index (Phi) is 6.20. The van der Waals surface area contributed by atoms with Gasteiger partial charge in [-0.1, -0.05) is 6.92 Å². The molecule has 1 N–H and O–H groups in total. The van der Waals surface area contributed by atoms with Crippen LogP contribution in [0.2, 0.25) is 0 Å². The molecule has 0 unspecified atom stereocenters. The molecule has 1 aliphatic heterocycles. The van der Waals surface area contributed by atoms with Crippen LogP contribution >= 0.6 is 0 Å². The second kappa shape index (κ2) is 9.21. The Hall–Kier alpha value is -3.69. The van der Waals surface area contributed by atoms with Gasteiger partial charge in [-0.05, 0) is 36.2 Å². The van der Waals surface area contributed by atoms with Gasteiger partial charge in [-0.3, -0.25) is 4.79 Å². The Morgan fingerprint density at radius 3 is 2.69 bits per heavy atom. The van der Waals surface area contributed by atoms with Crippen LogP contribution in [0, 0.1) is 5.82 Å². The molecule has 32 heavy (non-hydrogen) atoms. The molecule has 1 amide bonds. The first-order valence-electron chi connectivity index (χ1n) is 10.0. The summed E-state index contributed by atoms with van der Waals surface area (Å²) >= 11 is 0. The van der Waals surface area contributed by atoms with Crippen molar-refractivity contribution >= 4 is 17.5 Å². The lowest BCUT2D eigenvalue weighted by Crippen LogP contribution is -2.54. The van der Waals surface area contributed by atoms with Gasteiger partial charge in [0.05, 0.1) is 13.1 Å². The molecule has 1 saturated heterocycles. The predicted octanol–water partition coefficient (Wildman–Crippen LogP) is 4.03. The fourth-order valence-electron chi connectivity index (χ4n) is 3.32. The van der Waals surface area contributed by atoms with Crippen molar-refractivity contribution in [3.05, 3.63) is 71.6 Å². The molecule has 4 rings (SSSR count). The molecule has 0 atom stereocenters. The normalized spacial score (nSPS) is 13.7. The summed E-state index contributed by atoms with van der Waals surface area (Å²) in [5.74, 6) is -0.433. The SMILES string of the molecule is CCc1ccnc(NC(=O)c2nccnc2N2CC(Oc3cc(F)cc(C(F)F)c3)C2)c1. The minimum atomic E-state index is -2.79. The number of hydrogen-bond donors (Lipinski definition) is 1. The van der Waals surface area contributed by atoms with Gasteiger partial charge in [0.15, 0.2) is 11.5 Å².